The third-order valence-corrected chi connectivity index (χ3v) is 5.14. The smallest absolute Gasteiger partial charge is 0.254 e. The van der Waals surface area contributed by atoms with Gasteiger partial charge in [0, 0.05) is 42.9 Å². The van der Waals surface area contributed by atoms with Gasteiger partial charge in [-0.2, -0.15) is 5.26 Å². The topological polar surface area (TPSA) is 66.2 Å². The number of carbonyl (C=O) groups is 1. The Balaban J connectivity index is 1.46. The van der Waals surface area contributed by atoms with Crippen LogP contribution in [0.2, 0.25) is 0 Å². The first-order valence-corrected chi connectivity index (χ1v) is 8.64. The molecule has 3 heterocycles. The van der Waals surface area contributed by atoms with Gasteiger partial charge in [-0.1, -0.05) is 0 Å². The van der Waals surface area contributed by atoms with Gasteiger partial charge >= 0.3 is 0 Å². The summed E-state index contributed by atoms with van der Waals surface area (Å²) < 4.78 is 6.09. The summed E-state index contributed by atoms with van der Waals surface area (Å²) in [6.07, 6.45) is 7.39. The van der Waals surface area contributed by atoms with E-state index >= 15 is 0 Å². The monoisotopic (exact) mass is 333 g/mol. The van der Waals surface area contributed by atoms with Gasteiger partial charge < -0.3 is 9.64 Å². The Morgan fingerprint density at radius 3 is 2.32 bits per heavy atom. The number of nitrogens with zero attached hydrogens (tertiary/aromatic N) is 3. The van der Waals surface area contributed by atoms with E-state index in [4.69, 9.17) is 10.00 Å². The molecule has 126 valence electrons. The molecule has 2 saturated heterocycles. The van der Waals surface area contributed by atoms with E-state index in [0.717, 1.165) is 31.4 Å². The molecule has 5 heteroatoms. The van der Waals surface area contributed by atoms with Crippen LogP contribution in [-0.2, 0) is 0 Å². The van der Waals surface area contributed by atoms with Gasteiger partial charge in [-0.3, -0.25) is 9.78 Å². The van der Waals surface area contributed by atoms with Gasteiger partial charge in [-0.15, -0.1) is 0 Å². The van der Waals surface area contributed by atoms with Gasteiger partial charge in [0.15, 0.2) is 0 Å². The first-order chi connectivity index (χ1) is 12.2. The number of hydrogen-bond acceptors (Lipinski definition) is 4. The van der Waals surface area contributed by atoms with Gasteiger partial charge in [0.05, 0.1) is 11.6 Å². The lowest BCUT2D eigenvalue weighted by atomic mass is 9.98. The summed E-state index contributed by atoms with van der Waals surface area (Å²) in [4.78, 5) is 19.0. The SMILES string of the molecule is N#Cc1ccc(C(=O)N2C3CCC2CC(Oc2ccncc2)C3)cc1. The van der Waals surface area contributed by atoms with Crippen molar-refractivity contribution in [2.45, 2.75) is 43.9 Å². The molecule has 2 bridgehead atoms. The first kappa shape index (κ1) is 15.6. The van der Waals surface area contributed by atoms with Crippen LogP contribution in [0.5, 0.6) is 5.75 Å². The summed E-state index contributed by atoms with van der Waals surface area (Å²) in [5, 5.41) is 8.90. The molecule has 2 unspecified atom stereocenters. The van der Waals surface area contributed by atoms with Gasteiger partial charge in [-0.05, 0) is 49.2 Å². The van der Waals surface area contributed by atoms with Crippen LogP contribution in [0, 0.1) is 11.3 Å². The molecule has 0 spiro atoms. The highest BCUT2D eigenvalue weighted by Crippen LogP contribution is 2.38. The molecule has 1 aromatic carbocycles. The highest BCUT2D eigenvalue weighted by atomic mass is 16.5. The Morgan fingerprint density at radius 1 is 1.08 bits per heavy atom. The maximum Gasteiger partial charge on any atom is 0.254 e. The average molecular weight is 333 g/mol. The van der Waals surface area contributed by atoms with Crippen LogP contribution in [-0.4, -0.2) is 34.0 Å². The fraction of sp³-hybridized carbons (Fsp3) is 0.350. The predicted molar refractivity (Wildman–Crippen MR) is 92.0 cm³/mol. The van der Waals surface area contributed by atoms with Crippen molar-refractivity contribution in [2.24, 2.45) is 0 Å². The molecule has 2 aliphatic rings. The summed E-state index contributed by atoms with van der Waals surface area (Å²) in [5.74, 6) is 0.908. The molecule has 1 aromatic heterocycles. The second kappa shape index (κ2) is 6.56. The van der Waals surface area contributed by atoms with Crippen LogP contribution in [0.25, 0.3) is 0 Å². The first-order valence-electron chi connectivity index (χ1n) is 8.64. The second-order valence-electron chi connectivity index (χ2n) is 6.68. The number of carbonyl (C=O) groups excluding carboxylic acids is 1. The summed E-state index contributed by atoms with van der Waals surface area (Å²) in [6.45, 7) is 0. The van der Waals surface area contributed by atoms with E-state index in [2.05, 4.69) is 11.1 Å². The summed E-state index contributed by atoms with van der Waals surface area (Å²) in [6, 6.07) is 13.2. The summed E-state index contributed by atoms with van der Waals surface area (Å²) >= 11 is 0. The van der Waals surface area contributed by atoms with E-state index in [-0.39, 0.29) is 24.1 Å². The summed E-state index contributed by atoms with van der Waals surface area (Å²) in [5.41, 5.74) is 1.23. The molecule has 25 heavy (non-hydrogen) atoms. The molecule has 2 aliphatic heterocycles. The maximum atomic E-state index is 12.9. The number of amides is 1. The van der Waals surface area contributed by atoms with Crippen LogP contribution in [0.3, 0.4) is 0 Å². The molecule has 0 saturated carbocycles. The van der Waals surface area contributed by atoms with Crippen molar-refractivity contribution in [1.29, 1.82) is 5.26 Å². The third-order valence-electron chi connectivity index (χ3n) is 5.14. The van der Waals surface area contributed by atoms with E-state index in [0.29, 0.717) is 11.1 Å². The standard InChI is InChI=1S/C20H19N3O2/c21-13-14-1-3-15(4-2-14)20(24)23-16-5-6-17(23)12-19(11-16)25-18-7-9-22-10-8-18/h1-4,7-10,16-17,19H,5-6,11-12H2. The Morgan fingerprint density at radius 2 is 1.72 bits per heavy atom. The predicted octanol–water partition coefficient (Wildman–Crippen LogP) is 3.17. The molecule has 2 atom stereocenters. The molecule has 2 aromatic rings. The van der Waals surface area contributed by atoms with Crippen LogP contribution in [0.4, 0.5) is 0 Å². The zero-order valence-electron chi connectivity index (χ0n) is 13.8. The van der Waals surface area contributed by atoms with Crippen molar-refractivity contribution in [3.8, 4) is 11.8 Å². The highest BCUT2D eigenvalue weighted by Gasteiger charge is 2.44. The van der Waals surface area contributed by atoms with Crippen molar-refractivity contribution >= 4 is 5.91 Å². The van der Waals surface area contributed by atoms with Crippen molar-refractivity contribution in [3.63, 3.8) is 0 Å². The Hall–Kier alpha value is -2.87. The fourth-order valence-corrected chi connectivity index (χ4v) is 4.00. The van der Waals surface area contributed by atoms with E-state index < -0.39 is 0 Å². The number of rotatable bonds is 3. The van der Waals surface area contributed by atoms with E-state index in [1.165, 1.54) is 0 Å². The lowest BCUT2D eigenvalue weighted by Crippen LogP contribution is -2.49. The Bertz CT molecular complexity index is 784. The lowest BCUT2D eigenvalue weighted by Gasteiger charge is -2.39. The van der Waals surface area contributed by atoms with Crippen LogP contribution in [0.15, 0.2) is 48.8 Å². The van der Waals surface area contributed by atoms with Crippen molar-refractivity contribution < 1.29 is 9.53 Å². The van der Waals surface area contributed by atoms with Crippen LogP contribution in [0.1, 0.15) is 41.6 Å². The number of aromatic nitrogens is 1. The number of pyridine rings is 1. The number of piperidine rings is 1. The van der Waals surface area contributed by atoms with Crippen LogP contribution >= 0.6 is 0 Å². The molecule has 1 amide bonds. The number of hydrogen-bond donors (Lipinski definition) is 0. The molecular formula is C20H19N3O2. The van der Waals surface area contributed by atoms with Gasteiger partial charge in [0.25, 0.3) is 5.91 Å². The zero-order chi connectivity index (χ0) is 17.2. The third kappa shape index (κ3) is 3.08. The van der Waals surface area contributed by atoms with Crippen molar-refractivity contribution in [1.82, 2.24) is 9.88 Å². The summed E-state index contributed by atoms with van der Waals surface area (Å²) in [7, 11) is 0. The minimum atomic E-state index is 0.0688. The van der Waals surface area contributed by atoms with Crippen molar-refractivity contribution in [3.05, 3.63) is 59.9 Å². The number of ether oxygens (including phenoxy) is 1. The zero-order valence-corrected chi connectivity index (χ0v) is 13.8. The van der Waals surface area contributed by atoms with E-state index in [1.54, 1.807) is 36.7 Å². The minimum absolute atomic E-state index is 0.0688. The molecule has 2 fully saturated rings. The molecular weight excluding hydrogens is 314 g/mol. The quantitative estimate of drug-likeness (QED) is 0.865. The van der Waals surface area contributed by atoms with Gasteiger partial charge in [0.1, 0.15) is 11.9 Å². The minimum Gasteiger partial charge on any atom is -0.490 e. The van der Waals surface area contributed by atoms with Crippen molar-refractivity contribution in [2.75, 3.05) is 0 Å². The van der Waals surface area contributed by atoms with Gasteiger partial charge in [0.2, 0.25) is 0 Å². The average Bonchev–Trinajstić information content (AvgIpc) is 2.92. The number of nitriles is 1. The molecule has 0 aliphatic carbocycles. The highest BCUT2D eigenvalue weighted by molar-refractivity contribution is 5.95. The van der Waals surface area contributed by atoms with E-state index in [1.807, 2.05) is 17.0 Å². The normalized spacial score (nSPS) is 24.6. The number of benzene rings is 1. The van der Waals surface area contributed by atoms with E-state index in [9.17, 15) is 4.79 Å². The van der Waals surface area contributed by atoms with Gasteiger partial charge in [-0.25, -0.2) is 0 Å². The largest absolute Gasteiger partial charge is 0.490 e. The lowest BCUT2D eigenvalue weighted by molar-refractivity contribution is 0.0359. The molecule has 0 N–H and O–H groups in total. The molecule has 5 nitrogen and oxygen atoms in total. The second-order valence-corrected chi connectivity index (χ2v) is 6.68. The molecule has 4 rings (SSSR count). The molecule has 0 radical (unpaired) electrons. The maximum absolute atomic E-state index is 12.9. The Kier molecular flexibility index (Phi) is 4.10. The Labute approximate surface area is 146 Å². The number of fused-ring (bicyclic) bond motifs is 2. The fourth-order valence-electron chi connectivity index (χ4n) is 4.00. The van der Waals surface area contributed by atoms with Crippen LogP contribution < -0.4 is 4.74 Å².